The van der Waals surface area contributed by atoms with Crippen LogP contribution in [0.25, 0.3) is 0 Å². The fourth-order valence-corrected chi connectivity index (χ4v) is 1.55. The second-order valence-corrected chi connectivity index (χ2v) is 4.13. The number of pyridine rings is 1. The summed E-state index contributed by atoms with van der Waals surface area (Å²) in [6, 6.07) is 12.2. The number of carbonyl (C=O) groups excluding carboxylic acids is 1. The van der Waals surface area contributed by atoms with E-state index in [2.05, 4.69) is 10.4 Å². The summed E-state index contributed by atoms with van der Waals surface area (Å²) in [5.41, 5.74) is 3.26. The van der Waals surface area contributed by atoms with E-state index in [-0.39, 0.29) is 5.91 Å². The van der Waals surface area contributed by atoms with Crippen molar-refractivity contribution in [1.82, 2.24) is 10.4 Å². The first kappa shape index (κ1) is 12.4. The highest BCUT2D eigenvalue weighted by Crippen LogP contribution is 2.10. The van der Waals surface area contributed by atoms with E-state index < -0.39 is 0 Å². The number of hydrogen-bond donors (Lipinski definition) is 1. The molecule has 0 unspecified atom stereocenters. The van der Waals surface area contributed by atoms with Gasteiger partial charge in [0.2, 0.25) is 0 Å². The zero-order valence-electron chi connectivity index (χ0n) is 9.80. The number of anilines is 1. The molecule has 92 valence electrons. The molecule has 5 heteroatoms. The summed E-state index contributed by atoms with van der Waals surface area (Å²) in [7, 11) is 1.73. The normalized spacial score (nSPS) is 9.89. The van der Waals surface area contributed by atoms with Gasteiger partial charge in [-0.2, -0.15) is 0 Å². The Labute approximate surface area is 110 Å². The van der Waals surface area contributed by atoms with Crippen LogP contribution in [0.3, 0.4) is 0 Å². The van der Waals surface area contributed by atoms with Gasteiger partial charge in [0.15, 0.2) is 0 Å². The third-order valence-corrected chi connectivity index (χ3v) is 2.62. The van der Waals surface area contributed by atoms with Crippen molar-refractivity contribution in [2.75, 3.05) is 12.1 Å². The van der Waals surface area contributed by atoms with E-state index in [9.17, 15) is 4.79 Å². The summed E-state index contributed by atoms with van der Waals surface area (Å²) in [4.78, 5) is 16.0. The van der Waals surface area contributed by atoms with Gasteiger partial charge in [0.1, 0.15) is 5.82 Å². The largest absolute Gasteiger partial charge is 0.271 e. The smallest absolute Gasteiger partial charge is 0.269 e. The molecule has 0 aliphatic carbocycles. The highest BCUT2D eigenvalue weighted by atomic mass is 35.5. The number of amides is 1. The Bertz CT molecular complexity index is 528. The number of benzene rings is 1. The lowest BCUT2D eigenvalue weighted by Crippen LogP contribution is -2.39. The van der Waals surface area contributed by atoms with Gasteiger partial charge in [-0.25, -0.2) is 4.98 Å². The van der Waals surface area contributed by atoms with Crippen LogP contribution in [0.15, 0.2) is 48.7 Å². The van der Waals surface area contributed by atoms with E-state index in [1.165, 1.54) is 0 Å². The lowest BCUT2D eigenvalue weighted by atomic mass is 10.2. The molecule has 0 saturated carbocycles. The van der Waals surface area contributed by atoms with Crippen LogP contribution in [0.4, 0.5) is 5.82 Å². The Morgan fingerprint density at radius 1 is 1.22 bits per heavy atom. The number of nitrogens with zero attached hydrogens (tertiary/aromatic N) is 2. The lowest BCUT2D eigenvalue weighted by molar-refractivity contribution is 0.0951. The molecule has 4 nitrogen and oxygen atoms in total. The fourth-order valence-electron chi connectivity index (χ4n) is 1.43. The first-order chi connectivity index (χ1) is 8.66. The molecule has 18 heavy (non-hydrogen) atoms. The fraction of sp³-hybridized carbons (Fsp3) is 0.0769. The van der Waals surface area contributed by atoms with E-state index in [0.29, 0.717) is 16.4 Å². The van der Waals surface area contributed by atoms with Crippen molar-refractivity contribution in [2.24, 2.45) is 0 Å². The van der Waals surface area contributed by atoms with Crippen LogP contribution >= 0.6 is 11.6 Å². The van der Waals surface area contributed by atoms with Crippen LogP contribution in [0.5, 0.6) is 0 Å². The molecule has 0 spiro atoms. The monoisotopic (exact) mass is 261 g/mol. The van der Waals surface area contributed by atoms with Gasteiger partial charge in [-0.1, -0.05) is 17.7 Å². The van der Waals surface area contributed by atoms with Crippen molar-refractivity contribution < 1.29 is 4.79 Å². The number of rotatable bonds is 3. The summed E-state index contributed by atoms with van der Waals surface area (Å²) in [5, 5.41) is 2.17. The van der Waals surface area contributed by atoms with Gasteiger partial charge in [-0.3, -0.25) is 15.2 Å². The van der Waals surface area contributed by atoms with Crippen molar-refractivity contribution >= 4 is 23.3 Å². The van der Waals surface area contributed by atoms with Crippen molar-refractivity contribution in [1.29, 1.82) is 0 Å². The predicted molar refractivity (Wildman–Crippen MR) is 71.6 cm³/mol. The Balaban J connectivity index is 2.06. The highest BCUT2D eigenvalue weighted by Gasteiger charge is 2.08. The molecule has 0 saturated heterocycles. The molecule has 0 bridgehead atoms. The molecule has 1 N–H and O–H groups in total. The number of hydrogen-bond acceptors (Lipinski definition) is 3. The Morgan fingerprint density at radius 3 is 2.56 bits per heavy atom. The summed E-state index contributed by atoms with van der Waals surface area (Å²) >= 11 is 5.77. The minimum Gasteiger partial charge on any atom is -0.271 e. The van der Waals surface area contributed by atoms with E-state index >= 15 is 0 Å². The SMILES string of the molecule is CN(NC(=O)c1ccc(Cl)cc1)c1ccccn1. The second kappa shape index (κ2) is 5.51. The van der Waals surface area contributed by atoms with Gasteiger partial charge in [-0.05, 0) is 36.4 Å². The molecule has 2 aromatic rings. The van der Waals surface area contributed by atoms with Gasteiger partial charge >= 0.3 is 0 Å². The standard InChI is InChI=1S/C13H12ClN3O/c1-17(12-4-2-3-9-15-12)16-13(18)10-5-7-11(14)8-6-10/h2-9H,1H3,(H,16,18). The zero-order chi connectivity index (χ0) is 13.0. The van der Waals surface area contributed by atoms with Gasteiger partial charge in [0, 0.05) is 23.8 Å². The van der Waals surface area contributed by atoms with E-state index in [4.69, 9.17) is 11.6 Å². The quantitative estimate of drug-likeness (QED) is 0.864. The van der Waals surface area contributed by atoms with Crippen LogP contribution < -0.4 is 10.4 Å². The number of hydrazine groups is 1. The number of nitrogens with one attached hydrogen (secondary N) is 1. The third kappa shape index (κ3) is 2.99. The minimum absolute atomic E-state index is 0.209. The molecule has 0 radical (unpaired) electrons. The van der Waals surface area contributed by atoms with E-state index in [1.54, 1.807) is 42.5 Å². The summed E-state index contributed by atoms with van der Waals surface area (Å²) < 4.78 is 0. The van der Waals surface area contributed by atoms with E-state index in [0.717, 1.165) is 0 Å². The molecular formula is C13H12ClN3O. The maximum Gasteiger partial charge on any atom is 0.269 e. The van der Waals surface area contributed by atoms with Crippen LogP contribution in [-0.4, -0.2) is 17.9 Å². The van der Waals surface area contributed by atoms with Crippen molar-refractivity contribution in [3.05, 3.63) is 59.2 Å². The predicted octanol–water partition coefficient (Wildman–Crippen LogP) is 2.52. The van der Waals surface area contributed by atoms with Crippen molar-refractivity contribution in [3.63, 3.8) is 0 Å². The van der Waals surface area contributed by atoms with Crippen molar-refractivity contribution in [3.8, 4) is 0 Å². The van der Waals surface area contributed by atoms with E-state index in [1.807, 2.05) is 18.2 Å². The Kier molecular flexibility index (Phi) is 3.79. The van der Waals surface area contributed by atoms with Crippen LogP contribution in [0.1, 0.15) is 10.4 Å². The number of carbonyl (C=O) groups is 1. The van der Waals surface area contributed by atoms with Crippen molar-refractivity contribution in [2.45, 2.75) is 0 Å². The molecule has 0 aliphatic rings. The second-order valence-electron chi connectivity index (χ2n) is 3.69. The molecule has 1 amide bonds. The molecule has 2 rings (SSSR count). The molecule has 1 aromatic heterocycles. The van der Waals surface area contributed by atoms with Crippen LogP contribution in [0, 0.1) is 0 Å². The molecular weight excluding hydrogens is 250 g/mol. The molecule has 0 atom stereocenters. The zero-order valence-corrected chi connectivity index (χ0v) is 10.6. The number of aromatic nitrogens is 1. The third-order valence-electron chi connectivity index (χ3n) is 2.37. The van der Waals surface area contributed by atoms with Gasteiger partial charge in [0.05, 0.1) is 0 Å². The lowest BCUT2D eigenvalue weighted by Gasteiger charge is -2.18. The molecule has 1 heterocycles. The average Bonchev–Trinajstić information content (AvgIpc) is 2.40. The summed E-state index contributed by atoms with van der Waals surface area (Å²) in [5.74, 6) is 0.458. The van der Waals surface area contributed by atoms with Gasteiger partial charge in [0.25, 0.3) is 5.91 Å². The first-order valence-corrected chi connectivity index (χ1v) is 5.76. The van der Waals surface area contributed by atoms with Crippen LogP contribution in [0.2, 0.25) is 5.02 Å². The minimum atomic E-state index is -0.209. The summed E-state index contributed by atoms with van der Waals surface area (Å²) in [6.45, 7) is 0. The number of halogens is 1. The van der Waals surface area contributed by atoms with Crippen LogP contribution in [-0.2, 0) is 0 Å². The maximum atomic E-state index is 11.9. The highest BCUT2D eigenvalue weighted by molar-refractivity contribution is 6.30. The summed E-state index contributed by atoms with van der Waals surface area (Å²) in [6.07, 6.45) is 1.67. The van der Waals surface area contributed by atoms with Gasteiger partial charge in [-0.15, -0.1) is 0 Å². The topological polar surface area (TPSA) is 45.2 Å². The molecule has 0 fully saturated rings. The Morgan fingerprint density at radius 2 is 1.94 bits per heavy atom. The first-order valence-electron chi connectivity index (χ1n) is 5.38. The average molecular weight is 262 g/mol. The molecule has 0 aliphatic heterocycles. The van der Waals surface area contributed by atoms with Gasteiger partial charge < -0.3 is 0 Å². The molecule has 1 aromatic carbocycles. The Hall–Kier alpha value is -2.07. The maximum absolute atomic E-state index is 11.9.